The van der Waals surface area contributed by atoms with Crippen LogP contribution in [0.4, 0.5) is 14.6 Å². The van der Waals surface area contributed by atoms with Gasteiger partial charge in [-0.1, -0.05) is 50.5 Å². The van der Waals surface area contributed by atoms with Crippen LogP contribution in [0.2, 0.25) is 0 Å². The Bertz CT molecular complexity index is 1050. The molecule has 0 radical (unpaired) electrons. The van der Waals surface area contributed by atoms with Crippen molar-refractivity contribution in [3.8, 4) is 0 Å². The Balaban J connectivity index is 1.37. The first-order valence-electron chi connectivity index (χ1n) is 10.2. The highest BCUT2D eigenvalue weighted by molar-refractivity contribution is 14.2. The van der Waals surface area contributed by atoms with Gasteiger partial charge in [0, 0.05) is 37.7 Å². The summed E-state index contributed by atoms with van der Waals surface area (Å²) in [7, 11) is 0. The Morgan fingerprint density at radius 3 is 2.52 bits per heavy atom. The quantitative estimate of drug-likeness (QED) is 0.403. The van der Waals surface area contributed by atoms with E-state index in [1.807, 2.05) is 10.6 Å². The van der Waals surface area contributed by atoms with E-state index in [0.29, 0.717) is 13.1 Å². The maximum atomic E-state index is 15.2. The third-order valence-electron chi connectivity index (χ3n) is 6.36. The van der Waals surface area contributed by atoms with Crippen molar-refractivity contribution in [3.05, 3.63) is 23.5 Å². The Morgan fingerprint density at radius 1 is 1.16 bits per heavy atom. The lowest BCUT2D eigenvalue weighted by Crippen LogP contribution is -2.55. The molecule has 3 aliphatic heterocycles. The normalized spacial score (nSPS) is 29.1. The van der Waals surface area contributed by atoms with Gasteiger partial charge in [-0.3, -0.25) is 4.79 Å². The smallest absolute Gasteiger partial charge is 0.229 e. The molecular weight excluding hydrogens is 632 g/mol. The number of likely N-dealkylation sites (tertiary alicyclic amines) is 1. The van der Waals surface area contributed by atoms with Gasteiger partial charge in [0.15, 0.2) is 5.65 Å². The van der Waals surface area contributed by atoms with E-state index in [1.165, 1.54) is 10.5 Å². The van der Waals surface area contributed by atoms with Crippen molar-refractivity contribution in [1.82, 2.24) is 24.8 Å². The van der Waals surface area contributed by atoms with Crippen LogP contribution in [0.3, 0.4) is 0 Å². The summed E-state index contributed by atoms with van der Waals surface area (Å²) in [4.78, 5) is 21.4. The molecule has 2 saturated heterocycles. The molecule has 3 aliphatic rings. The number of halogens is 4. The molecule has 168 valence electrons. The minimum atomic E-state index is -1.98. The molecular formula is C20H24F2I2N6O. The number of carbonyl (C=O) groups is 1. The number of carbonyl (C=O) groups excluding carboxylic acids is 1. The Morgan fingerprint density at radius 2 is 1.84 bits per heavy atom. The van der Waals surface area contributed by atoms with E-state index >= 15 is 8.78 Å². The lowest BCUT2D eigenvalue weighted by Gasteiger charge is -2.42. The highest BCUT2D eigenvalue weighted by atomic mass is 127. The van der Waals surface area contributed by atoms with E-state index in [1.54, 1.807) is 6.20 Å². The number of rotatable bonds is 4. The van der Waals surface area contributed by atoms with E-state index in [0.717, 1.165) is 43.1 Å². The van der Waals surface area contributed by atoms with E-state index in [2.05, 4.69) is 24.3 Å². The molecule has 11 heteroatoms. The van der Waals surface area contributed by atoms with Gasteiger partial charge in [0.25, 0.3) is 0 Å². The lowest BCUT2D eigenvalue weighted by molar-refractivity contribution is -0.135. The molecule has 0 aliphatic carbocycles. The fraction of sp³-hybridized carbons (Fsp3) is 0.550. The van der Waals surface area contributed by atoms with Crippen molar-refractivity contribution in [3.63, 3.8) is 0 Å². The van der Waals surface area contributed by atoms with Crippen LogP contribution in [-0.2, 0) is 17.6 Å². The van der Waals surface area contributed by atoms with Crippen LogP contribution >= 0.6 is 41.5 Å². The second-order valence-corrected chi connectivity index (χ2v) is 13.1. The molecule has 2 aromatic heterocycles. The van der Waals surface area contributed by atoms with Crippen molar-refractivity contribution in [2.45, 2.75) is 20.2 Å². The van der Waals surface area contributed by atoms with Crippen molar-refractivity contribution < 1.29 is 13.6 Å². The minimum Gasteiger partial charge on any atom is -0.354 e. The number of alkyl halides is 4. The molecule has 0 saturated carbocycles. The van der Waals surface area contributed by atoms with Crippen LogP contribution in [0.1, 0.15) is 11.3 Å². The van der Waals surface area contributed by atoms with Crippen LogP contribution in [0.15, 0.2) is 12.3 Å². The summed E-state index contributed by atoms with van der Waals surface area (Å²) < 4.78 is 35.6. The second kappa shape index (κ2) is 8.04. The van der Waals surface area contributed by atoms with Gasteiger partial charge in [-0.2, -0.15) is 9.61 Å². The zero-order valence-electron chi connectivity index (χ0n) is 17.0. The maximum absolute atomic E-state index is 15.2. The molecule has 5 heterocycles. The fourth-order valence-corrected chi connectivity index (χ4v) is 9.31. The van der Waals surface area contributed by atoms with E-state index in [4.69, 9.17) is 4.98 Å². The highest BCUT2D eigenvalue weighted by Gasteiger charge is 2.60. The molecule has 0 spiro atoms. The number of hydrogen-bond acceptors (Lipinski definition) is 5. The summed E-state index contributed by atoms with van der Waals surface area (Å²) in [5.41, 5.74) is 3.04. The minimum absolute atomic E-state index is 0.161. The lowest BCUT2D eigenvalue weighted by atomic mass is 9.97. The van der Waals surface area contributed by atoms with Gasteiger partial charge in [-0.05, 0) is 13.0 Å². The molecule has 7 nitrogen and oxygen atoms in total. The molecule has 0 bridgehead atoms. The maximum Gasteiger partial charge on any atom is 0.229 e. The second-order valence-electron chi connectivity index (χ2n) is 8.18. The summed E-state index contributed by atoms with van der Waals surface area (Å²) in [6.07, 6.45) is 3.44. The third kappa shape index (κ3) is 3.45. The Hall–Kier alpha value is -1.09. The topological polar surface area (TPSA) is 65.8 Å². The van der Waals surface area contributed by atoms with Gasteiger partial charge < -0.3 is 15.1 Å². The number of amides is 1. The molecule has 1 N–H and O–H groups in total. The number of anilines is 1. The zero-order chi connectivity index (χ0) is 21.8. The number of nitrogens with one attached hydrogen (secondary N) is 1. The van der Waals surface area contributed by atoms with Crippen molar-refractivity contribution in [1.29, 1.82) is 0 Å². The number of fused-ring (bicyclic) bond motifs is 2. The standard InChI is InChI=1S/C20H24F2I2N6O/c1-23-19(21)11-29(12-20(19,22)24-2)18(31)13-9-28(10-13)17-14-3-6-25-7-4-15(14)27-16-5-8-26-30(16)17/h5,8,13,25H,1-4,6-7,9-12H2. The predicted octanol–water partition coefficient (Wildman–Crippen LogP) is 1.83. The average molecular weight is 656 g/mol. The number of nitrogens with zero attached hydrogens (tertiary/aromatic N) is 5. The zero-order valence-corrected chi connectivity index (χ0v) is 21.3. The van der Waals surface area contributed by atoms with E-state index in [9.17, 15) is 4.79 Å². The first kappa shape index (κ1) is 21.7. The monoisotopic (exact) mass is 656 g/mol. The Kier molecular flexibility index (Phi) is 5.64. The van der Waals surface area contributed by atoms with E-state index in [-0.39, 0.29) is 24.9 Å². The molecule has 2 atom stereocenters. The number of aromatic nitrogens is 3. The molecule has 1 amide bonds. The van der Waals surface area contributed by atoms with Gasteiger partial charge in [-0.25, -0.2) is 13.8 Å². The van der Waals surface area contributed by atoms with Crippen molar-refractivity contribution in [2.75, 3.05) is 44.2 Å². The SMILES string of the molecule is C=IC1(F)CN(C(=O)C2CN(c3c4c(nc5ccnn35)CCNCC4)C2)CC1(F)I=C. The van der Waals surface area contributed by atoms with Gasteiger partial charge in [0.1, 0.15) is 5.82 Å². The summed E-state index contributed by atoms with van der Waals surface area (Å²) in [6, 6.07) is 1.89. The molecule has 5 rings (SSSR count). The highest BCUT2D eigenvalue weighted by Crippen LogP contribution is 2.52. The van der Waals surface area contributed by atoms with Crippen LogP contribution in [0.25, 0.3) is 5.65 Å². The average Bonchev–Trinajstić information content (AvgIpc) is 3.21. The van der Waals surface area contributed by atoms with Gasteiger partial charge in [0.2, 0.25) is 13.3 Å². The molecule has 2 fully saturated rings. The predicted molar refractivity (Wildman–Crippen MR) is 136 cm³/mol. The molecule has 2 unspecified atom stereocenters. The first-order valence-corrected chi connectivity index (χ1v) is 15.4. The van der Waals surface area contributed by atoms with Crippen LogP contribution in [0, 0.1) is 5.92 Å². The van der Waals surface area contributed by atoms with Crippen molar-refractivity contribution in [2.24, 2.45) is 5.92 Å². The summed E-state index contributed by atoms with van der Waals surface area (Å²) in [5.74, 6) is 0.563. The molecule has 2 aromatic rings. The van der Waals surface area contributed by atoms with Crippen LogP contribution in [-0.4, -0.2) is 81.1 Å². The Labute approximate surface area is 199 Å². The summed E-state index contributed by atoms with van der Waals surface area (Å²) in [6.45, 7) is 2.45. The third-order valence-corrected chi connectivity index (χ3v) is 12.2. The number of hydrogen-bond donors (Lipinski definition) is 1. The first-order chi connectivity index (χ1) is 14.9. The summed E-state index contributed by atoms with van der Waals surface area (Å²) in [5, 5.41) is 7.87. The fourth-order valence-electron chi connectivity index (χ4n) is 4.61. The van der Waals surface area contributed by atoms with Crippen LogP contribution < -0.4 is 10.2 Å². The largest absolute Gasteiger partial charge is 0.354 e. The molecule has 31 heavy (non-hydrogen) atoms. The van der Waals surface area contributed by atoms with E-state index < -0.39 is 48.8 Å². The van der Waals surface area contributed by atoms with Gasteiger partial charge >= 0.3 is 0 Å². The molecule has 0 aromatic carbocycles. The van der Waals surface area contributed by atoms with Crippen molar-refractivity contribution >= 4 is 67.9 Å². The van der Waals surface area contributed by atoms with Gasteiger partial charge in [0.05, 0.1) is 30.9 Å². The van der Waals surface area contributed by atoms with Gasteiger partial charge in [-0.15, -0.1) is 0 Å². The van der Waals surface area contributed by atoms with Crippen LogP contribution in [0.5, 0.6) is 0 Å². The summed E-state index contributed by atoms with van der Waals surface area (Å²) >= 11 is -2.47.